The van der Waals surface area contributed by atoms with E-state index in [9.17, 15) is 9.59 Å². The largest absolute Gasteiger partial charge is 0.378 e. The fourth-order valence-electron chi connectivity index (χ4n) is 2.65. The van der Waals surface area contributed by atoms with E-state index in [0.717, 1.165) is 17.1 Å². The Balaban J connectivity index is 1.93. The minimum absolute atomic E-state index is 0.0224. The molecule has 0 aliphatic carbocycles. The molecule has 0 spiro atoms. The summed E-state index contributed by atoms with van der Waals surface area (Å²) >= 11 is 0. The summed E-state index contributed by atoms with van der Waals surface area (Å²) in [7, 11) is 3.63. The zero-order valence-electron chi connectivity index (χ0n) is 15.1. The highest BCUT2D eigenvalue weighted by atomic mass is 16.5. The average molecular weight is 337 g/mol. The van der Waals surface area contributed by atoms with Crippen molar-refractivity contribution in [3.8, 4) is 0 Å². The Morgan fingerprint density at radius 2 is 1.96 bits per heavy atom. The summed E-state index contributed by atoms with van der Waals surface area (Å²) in [6.07, 6.45) is 0. The second kappa shape index (κ2) is 7.76. The van der Waals surface area contributed by atoms with Gasteiger partial charge in [-0.25, -0.2) is 0 Å². The predicted octanol–water partition coefficient (Wildman–Crippen LogP) is 0.155. The van der Waals surface area contributed by atoms with Crippen molar-refractivity contribution in [1.29, 1.82) is 0 Å². The van der Waals surface area contributed by atoms with Gasteiger partial charge in [-0.3, -0.25) is 19.2 Å². The fourth-order valence-corrected chi connectivity index (χ4v) is 2.65. The number of hydrogen-bond acceptors (Lipinski definition) is 5. The summed E-state index contributed by atoms with van der Waals surface area (Å²) in [5, 5.41) is 7.22. The predicted molar refractivity (Wildman–Crippen MR) is 90.8 cm³/mol. The number of anilines is 1. The van der Waals surface area contributed by atoms with E-state index in [2.05, 4.69) is 10.4 Å². The molecule has 1 aliphatic heterocycles. The number of nitrogens with zero attached hydrogens (tertiary/aromatic N) is 4. The molecule has 1 aliphatic rings. The maximum Gasteiger partial charge on any atom is 0.241 e. The lowest BCUT2D eigenvalue weighted by Crippen LogP contribution is -2.48. The van der Waals surface area contributed by atoms with Crippen LogP contribution < -0.4 is 5.32 Å². The van der Waals surface area contributed by atoms with E-state index < -0.39 is 6.04 Å². The Bertz CT molecular complexity index is 607. The summed E-state index contributed by atoms with van der Waals surface area (Å²) in [6, 6.07) is -0.422. The maximum absolute atomic E-state index is 12.5. The molecule has 2 amide bonds. The van der Waals surface area contributed by atoms with Crippen LogP contribution >= 0.6 is 0 Å². The van der Waals surface area contributed by atoms with Gasteiger partial charge in [0.15, 0.2) is 0 Å². The third-order valence-electron chi connectivity index (χ3n) is 4.55. The third kappa shape index (κ3) is 4.12. The standard InChI is InChI=1S/C16H27N5O3/c1-11-15(12(2)20(5)18-11)17-16(23)13(3)19(4)10-14(22)21-6-8-24-9-7-21/h13H,6-10H2,1-5H3,(H,17,23). The van der Waals surface area contributed by atoms with Gasteiger partial charge in [0, 0.05) is 20.1 Å². The summed E-state index contributed by atoms with van der Waals surface area (Å²) in [5.74, 6) is -0.124. The first kappa shape index (κ1) is 18.4. The van der Waals surface area contributed by atoms with Crippen LogP contribution in [0.2, 0.25) is 0 Å². The highest BCUT2D eigenvalue weighted by Crippen LogP contribution is 2.18. The minimum Gasteiger partial charge on any atom is -0.378 e. The second-order valence-electron chi connectivity index (χ2n) is 6.24. The van der Waals surface area contributed by atoms with Crippen LogP contribution in [0.4, 0.5) is 5.69 Å². The van der Waals surface area contributed by atoms with Crippen molar-refractivity contribution in [3.05, 3.63) is 11.4 Å². The van der Waals surface area contributed by atoms with Crippen LogP contribution in [0, 0.1) is 13.8 Å². The van der Waals surface area contributed by atoms with Crippen LogP contribution in [-0.4, -0.2) is 77.3 Å². The molecule has 1 aromatic rings. The average Bonchev–Trinajstić information content (AvgIpc) is 2.81. The molecule has 8 heteroatoms. The Kier molecular flexibility index (Phi) is 5.95. The second-order valence-corrected chi connectivity index (χ2v) is 6.24. The zero-order valence-corrected chi connectivity index (χ0v) is 15.1. The summed E-state index contributed by atoms with van der Waals surface area (Å²) in [6.45, 7) is 8.15. The molecule has 1 saturated heterocycles. The molecule has 1 aromatic heterocycles. The van der Waals surface area contributed by atoms with Gasteiger partial charge >= 0.3 is 0 Å². The van der Waals surface area contributed by atoms with E-state index in [-0.39, 0.29) is 18.4 Å². The normalized spacial score (nSPS) is 16.3. The van der Waals surface area contributed by atoms with Gasteiger partial charge in [0.1, 0.15) is 0 Å². The lowest BCUT2D eigenvalue weighted by Gasteiger charge is -2.30. The molecule has 24 heavy (non-hydrogen) atoms. The quantitative estimate of drug-likeness (QED) is 0.828. The van der Waals surface area contributed by atoms with Gasteiger partial charge in [-0.1, -0.05) is 0 Å². The van der Waals surface area contributed by atoms with Crippen molar-refractivity contribution in [3.63, 3.8) is 0 Å². The van der Waals surface area contributed by atoms with Crippen LogP contribution in [-0.2, 0) is 21.4 Å². The Hall–Kier alpha value is -1.93. The molecule has 2 heterocycles. The number of likely N-dealkylation sites (N-methyl/N-ethyl adjacent to an activating group) is 1. The smallest absolute Gasteiger partial charge is 0.241 e. The molecule has 1 atom stereocenters. The number of aryl methyl sites for hydroxylation is 2. The minimum atomic E-state index is -0.422. The number of ether oxygens (including phenoxy) is 1. The summed E-state index contributed by atoms with van der Waals surface area (Å²) in [4.78, 5) is 28.3. The lowest BCUT2D eigenvalue weighted by molar-refractivity contribution is -0.137. The Morgan fingerprint density at radius 3 is 2.50 bits per heavy atom. The van der Waals surface area contributed by atoms with Crippen molar-refractivity contribution in [1.82, 2.24) is 19.6 Å². The Morgan fingerprint density at radius 1 is 1.33 bits per heavy atom. The van der Waals surface area contributed by atoms with Gasteiger partial charge in [-0.2, -0.15) is 5.10 Å². The number of rotatable bonds is 5. The van der Waals surface area contributed by atoms with Crippen LogP contribution in [0.25, 0.3) is 0 Å². The Labute approximate surface area is 142 Å². The SMILES string of the molecule is Cc1nn(C)c(C)c1NC(=O)C(C)N(C)CC(=O)N1CCOCC1. The summed E-state index contributed by atoms with van der Waals surface area (Å²) < 4.78 is 6.99. The topological polar surface area (TPSA) is 79.7 Å². The fraction of sp³-hybridized carbons (Fsp3) is 0.688. The molecular formula is C16H27N5O3. The van der Waals surface area contributed by atoms with Crippen molar-refractivity contribution in [2.45, 2.75) is 26.8 Å². The van der Waals surface area contributed by atoms with E-state index in [0.29, 0.717) is 26.3 Å². The highest BCUT2D eigenvalue weighted by Gasteiger charge is 2.25. The molecule has 8 nitrogen and oxygen atoms in total. The van der Waals surface area contributed by atoms with Gasteiger partial charge < -0.3 is 15.0 Å². The van der Waals surface area contributed by atoms with E-state index in [4.69, 9.17) is 4.74 Å². The number of carbonyl (C=O) groups excluding carboxylic acids is 2. The number of morpholine rings is 1. The van der Waals surface area contributed by atoms with E-state index in [1.165, 1.54) is 0 Å². The molecule has 1 N–H and O–H groups in total. The zero-order chi connectivity index (χ0) is 17.9. The van der Waals surface area contributed by atoms with Crippen LogP contribution in [0.3, 0.4) is 0 Å². The number of aromatic nitrogens is 2. The third-order valence-corrected chi connectivity index (χ3v) is 4.55. The lowest BCUT2D eigenvalue weighted by atomic mass is 10.2. The van der Waals surface area contributed by atoms with Crippen LogP contribution in [0.5, 0.6) is 0 Å². The van der Waals surface area contributed by atoms with Crippen molar-refractivity contribution >= 4 is 17.5 Å². The van der Waals surface area contributed by atoms with Crippen molar-refractivity contribution in [2.24, 2.45) is 7.05 Å². The summed E-state index contributed by atoms with van der Waals surface area (Å²) in [5.41, 5.74) is 2.42. The molecule has 0 bridgehead atoms. The maximum atomic E-state index is 12.5. The number of nitrogens with one attached hydrogen (secondary N) is 1. The molecule has 0 radical (unpaired) electrons. The number of carbonyl (C=O) groups is 2. The van der Waals surface area contributed by atoms with Gasteiger partial charge in [0.2, 0.25) is 11.8 Å². The van der Waals surface area contributed by atoms with E-state index in [1.807, 2.05) is 20.9 Å². The first-order valence-electron chi connectivity index (χ1n) is 8.18. The van der Waals surface area contributed by atoms with Crippen LogP contribution in [0.15, 0.2) is 0 Å². The van der Waals surface area contributed by atoms with Gasteiger partial charge in [-0.05, 0) is 27.8 Å². The highest BCUT2D eigenvalue weighted by molar-refractivity contribution is 5.95. The molecule has 0 saturated carbocycles. The first-order valence-corrected chi connectivity index (χ1v) is 8.18. The van der Waals surface area contributed by atoms with Gasteiger partial charge in [0.25, 0.3) is 0 Å². The first-order chi connectivity index (χ1) is 11.3. The van der Waals surface area contributed by atoms with Crippen molar-refractivity contribution < 1.29 is 14.3 Å². The van der Waals surface area contributed by atoms with E-state index in [1.54, 1.807) is 28.5 Å². The monoisotopic (exact) mass is 337 g/mol. The van der Waals surface area contributed by atoms with Crippen molar-refractivity contribution in [2.75, 3.05) is 45.2 Å². The number of hydrogen-bond donors (Lipinski definition) is 1. The number of amides is 2. The molecular weight excluding hydrogens is 310 g/mol. The molecule has 2 rings (SSSR count). The van der Waals surface area contributed by atoms with Gasteiger partial charge in [0.05, 0.1) is 42.9 Å². The molecule has 1 unspecified atom stereocenters. The van der Waals surface area contributed by atoms with Crippen LogP contribution in [0.1, 0.15) is 18.3 Å². The molecule has 1 fully saturated rings. The molecule has 0 aromatic carbocycles. The van der Waals surface area contributed by atoms with E-state index >= 15 is 0 Å². The molecule has 134 valence electrons. The van der Waals surface area contributed by atoms with Gasteiger partial charge in [-0.15, -0.1) is 0 Å².